The molecule has 25 heavy (non-hydrogen) atoms. The topological polar surface area (TPSA) is 48.3 Å². The fourth-order valence-corrected chi connectivity index (χ4v) is 3.25. The SMILES string of the molecule is CCn1cc(C2OCCC2CNCC=Cc2ccccc2OC)cn1. The Balaban J connectivity index is 1.49. The molecular formula is C20H27N3O2. The minimum Gasteiger partial charge on any atom is -0.496 e. The van der Waals surface area contributed by atoms with Crippen LogP contribution < -0.4 is 10.1 Å². The van der Waals surface area contributed by atoms with Gasteiger partial charge in [0.2, 0.25) is 0 Å². The predicted molar refractivity (Wildman–Crippen MR) is 99.6 cm³/mol. The molecule has 2 heterocycles. The Bertz CT molecular complexity index is 696. The number of aryl methyl sites for hydroxylation is 1. The summed E-state index contributed by atoms with van der Waals surface area (Å²) in [5, 5.41) is 7.89. The summed E-state index contributed by atoms with van der Waals surface area (Å²) < 4.78 is 13.3. The van der Waals surface area contributed by atoms with E-state index in [4.69, 9.17) is 9.47 Å². The first-order valence-corrected chi connectivity index (χ1v) is 8.96. The minimum atomic E-state index is 0.158. The van der Waals surface area contributed by atoms with Crippen LogP contribution in [-0.4, -0.2) is 36.6 Å². The maximum Gasteiger partial charge on any atom is 0.126 e. The van der Waals surface area contributed by atoms with E-state index in [1.54, 1.807) is 7.11 Å². The van der Waals surface area contributed by atoms with Crippen LogP contribution >= 0.6 is 0 Å². The van der Waals surface area contributed by atoms with Crippen molar-refractivity contribution in [3.05, 3.63) is 53.9 Å². The zero-order chi connectivity index (χ0) is 17.5. The molecule has 1 aromatic carbocycles. The lowest BCUT2D eigenvalue weighted by atomic mass is 9.97. The highest BCUT2D eigenvalue weighted by Gasteiger charge is 2.30. The fraction of sp³-hybridized carbons (Fsp3) is 0.450. The Morgan fingerprint density at radius 2 is 2.28 bits per heavy atom. The summed E-state index contributed by atoms with van der Waals surface area (Å²) >= 11 is 0. The Labute approximate surface area is 149 Å². The average Bonchev–Trinajstić information content (AvgIpc) is 3.30. The molecule has 0 bridgehead atoms. The van der Waals surface area contributed by atoms with Gasteiger partial charge in [0.25, 0.3) is 0 Å². The second kappa shape index (κ2) is 8.83. The van der Waals surface area contributed by atoms with Crippen molar-refractivity contribution in [1.82, 2.24) is 15.1 Å². The number of hydrogen-bond acceptors (Lipinski definition) is 4. The van der Waals surface area contributed by atoms with Gasteiger partial charge in [-0.25, -0.2) is 0 Å². The molecule has 2 atom stereocenters. The van der Waals surface area contributed by atoms with E-state index in [9.17, 15) is 0 Å². The third-order valence-electron chi connectivity index (χ3n) is 4.62. The molecule has 134 valence electrons. The molecule has 1 fully saturated rings. The summed E-state index contributed by atoms with van der Waals surface area (Å²) in [4.78, 5) is 0. The van der Waals surface area contributed by atoms with Gasteiger partial charge in [-0.3, -0.25) is 4.68 Å². The molecule has 1 saturated heterocycles. The molecule has 0 aliphatic carbocycles. The normalized spacial score (nSPS) is 20.4. The zero-order valence-electron chi connectivity index (χ0n) is 15.0. The van der Waals surface area contributed by atoms with Gasteiger partial charge in [-0.15, -0.1) is 0 Å². The Hall–Kier alpha value is -2.11. The van der Waals surface area contributed by atoms with Crippen molar-refractivity contribution >= 4 is 6.08 Å². The smallest absolute Gasteiger partial charge is 0.126 e. The van der Waals surface area contributed by atoms with E-state index < -0.39 is 0 Å². The van der Waals surface area contributed by atoms with E-state index >= 15 is 0 Å². The average molecular weight is 341 g/mol. The molecule has 1 N–H and O–H groups in total. The van der Waals surface area contributed by atoms with Crippen LogP contribution in [0.5, 0.6) is 5.75 Å². The first kappa shape index (κ1) is 17.7. The Kier molecular flexibility index (Phi) is 6.25. The van der Waals surface area contributed by atoms with Gasteiger partial charge in [0.05, 0.1) is 19.4 Å². The highest BCUT2D eigenvalue weighted by atomic mass is 16.5. The number of para-hydroxylation sites is 1. The quantitative estimate of drug-likeness (QED) is 0.749. The molecule has 0 spiro atoms. The van der Waals surface area contributed by atoms with Crippen LogP contribution in [0.3, 0.4) is 0 Å². The summed E-state index contributed by atoms with van der Waals surface area (Å²) in [5.74, 6) is 1.39. The van der Waals surface area contributed by atoms with Gasteiger partial charge in [-0.1, -0.05) is 30.4 Å². The molecular weight excluding hydrogens is 314 g/mol. The van der Waals surface area contributed by atoms with Gasteiger partial charge in [0, 0.05) is 49.5 Å². The van der Waals surface area contributed by atoms with E-state index in [1.165, 1.54) is 5.56 Å². The zero-order valence-corrected chi connectivity index (χ0v) is 15.0. The lowest BCUT2D eigenvalue weighted by molar-refractivity contribution is 0.0907. The van der Waals surface area contributed by atoms with Gasteiger partial charge in [0.1, 0.15) is 5.75 Å². The number of hydrogen-bond donors (Lipinski definition) is 1. The molecule has 2 unspecified atom stereocenters. The lowest BCUT2D eigenvalue weighted by Crippen LogP contribution is -2.24. The van der Waals surface area contributed by atoms with Crippen molar-refractivity contribution in [3.63, 3.8) is 0 Å². The second-order valence-corrected chi connectivity index (χ2v) is 6.27. The molecule has 0 amide bonds. The van der Waals surface area contributed by atoms with E-state index in [0.29, 0.717) is 5.92 Å². The Morgan fingerprint density at radius 3 is 3.08 bits per heavy atom. The van der Waals surface area contributed by atoms with Crippen molar-refractivity contribution in [1.29, 1.82) is 0 Å². The van der Waals surface area contributed by atoms with Gasteiger partial charge >= 0.3 is 0 Å². The maximum atomic E-state index is 5.94. The molecule has 3 rings (SSSR count). The second-order valence-electron chi connectivity index (χ2n) is 6.27. The number of aromatic nitrogens is 2. The molecule has 5 nitrogen and oxygen atoms in total. The Morgan fingerprint density at radius 1 is 1.40 bits per heavy atom. The van der Waals surface area contributed by atoms with E-state index in [2.05, 4.69) is 41.8 Å². The monoisotopic (exact) mass is 341 g/mol. The van der Waals surface area contributed by atoms with Crippen molar-refractivity contribution in [2.24, 2.45) is 5.92 Å². The van der Waals surface area contributed by atoms with Gasteiger partial charge in [-0.05, 0) is 19.4 Å². The van der Waals surface area contributed by atoms with Crippen molar-refractivity contribution in [3.8, 4) is 5.75 Å². The highest BCUT2D eigenvalue weighted by molar-refractivity contribution is 5.57. The molecule has 0 saturated carbocycles. The van der Waals surface area contributed by atoms with Crippen molar-refractivity contribution in [2.75, 3.05) is 26.8 Å². The van der Waals surface area contributed by atoms with Crippen LogP contribution in [0.15, 0.2) is 42.7 Å². The fourth-order valence-electron chi connectivity index (χ4n) is 3.25. The van der Waals surface area contributed by atoms with Gasteiger partial charge in [-0.2, -0.15) is 5.10 Å². The standard InChI is InChI=1S/C20H27N3O2/c1-3-23-15-18(14-22-23)20-17(10-12-25-20)13-21-11-6-8-16-7-4-5-9-19(16)24-2/h4-9,14-15,17,20-21H,3,10-13H2,1-2H3. The predicted octanol–water partition coefficient (Wildman–Crippen LogP) is 3.29. The van der Waals surface area contributed by atoms with Gasteiger partial charge in [0.15, 0.2) is 0 Å². The van der Waals surface area contributed by atoms with Crippen LogP contribution in [0.1, 0.15) is 30.6 Å². The third kappa shape index (κ3) is 4.50. The van der Waals surface area contributed by atoms with E-state index in [0.717, 1.165) is 44.0 Å². The molecule has 1 aliphatic rings. The third-order valence-corrected chi connectivity index (χ3v) is 4.62. The number of nitrogens with one attached hydrogen (secondary N) is 1. The maximum absolute atomic E-state index is 5.94. The van der Waals surface area contributed by atoms with E-state index in [-0.39, 0.29) is 6.10 Å². The summed E-state index contributed by atoms with van der Waals surface area (Å²) in [6, 6.07) is 8.04. The summed E-state index contributed by atoms with van der Waals surface area (Å²) in [6.07, 6.45) is 9.52. The van der Waals surface area contributed by atoms with Gasteiger partial charge < -0.3 is 14.8 Å². The number of nitrogens with zero attached hydrogens (tertiary/aromatic N) is 2. The number of benzene rings is 1. The summed E-state index contributed by atoms with van der Waals surface area (Å²) in [5.41, 5.74) is 2.29. The largest absolute Gasteiger partial charge is 0.496 e. The number of ether oxygens (including phenoxy) is 2. The molecule has 1 aliphatic heterocycles. The van der Waals surface area contributed by atoms with Crippen molar-refractivity contribution in [2.45, 2.75) is 26.0 Å². The van der Waals surface area contributed by atoms with Crippen LogP contribution in [0.2, 0.25) is 0 Å². The highest BCUT2D eigenvalue weighted by Crippen LogP contribution is 2.33. The summed E-state index contributed by atoms with van der Waals surface area (Å²) in [7, 11) is 1.70. The lowest BCUT2D eigenvalue weighted by Gasteiger charge is -2.17. The first-order chi connectivity index (χ1) is 12.3. The van der Waals surface area contributed by atoms with Crippen LogP contribution in [0, 0.1) is 5.92 Å². The van der Waals surface area contributed by atoms with E-state index in [1.807, 2.05) is 29.1 Å². The van der Waals surface area contributed by atoms with Crippen molar-refractivity contribution < 1.29 is 9.47 Å². The van der Waals surface area contributed by atoms with Crippen LogP contribution in [0.25, 0.3) is 6.08 Å². The number of methoxy groups -OCH3 is 1. The number of rotatable bonds is 8. The molecule has 1 aromatic heterocycles. The van der Waals surface area contributed by atoms with Crippen LogP contribution in [-0.2, 0) is 11.3 Å². The first-order valence-electron chi connectivity index (χ1n) is 8.96. The minimum absolute atomic E-state index is 0.158. The molecule has 2 aromatic rings. The molecule has 0 radical (unpaired) electrons. The molecule has 5 heteroatoms. The van der Waals surface area contributed by atoms with Crippen LogP contribution in [0.4, 0.5) is 0 Å². The summed E-state index contributed by atoms with van der Waals surface area (Å²) in [6.45, 7) is 5.59.